The second-order valence-corrected chi connectivity index (χ2v) is 8.93. The van der Waals surface area contributed by atoms with Crippen LogP contribution in [0.4, 0.5) is 0 Å². The topological polar surface area (TPSA) is 45.2 Å². The Morgan fingerprint density at radius 2 is 2.00 bits per heavy atom. The van der Waals surface area contributed by atoms with Gasteiger partial charge in [0.1, 0.15) is 24.2 Å². The molecule has 2 fully saturated rings. The molecule has 152 valence electrons. The fourth-order valence-electron chi connectivity index (χ4n) is 3.95. The molecule has 2 aliphatic rings. The van der Waals surface area contributed by atoms with Crippen LogP contribution in [0.3, 0.4) is 0 Å². The quantitative estimate of drug-likeness (QED) is 0.695. The summed E-state index contributed by atoms with van der Waals surface area (Å²) in [5.41, 5.74) is 1.16. The van der Waals surface area contributed by atoms with Crippen molar-refractivity contribution in [2.24, 2.45) is 0 Å². The number of aliphatic hydroxyl groups is 1. The molecule has 27 heavy (non-hydrogen) atoms. The number of nitrogens with zero attached hydrogens (tertiary/aromatic N) is 2. The van der Waals surface area contributed by atoms with Gasteiger partial charge in [-0.1, -0.05) is 6.07 Å². The Morgan fingerprint density at radius 1 is 1.26 bits per heavy atom. The standard InChI is InChI=1S/C21H34N2O3S/c1-22(18-7-11-27-12-8-18)14-17-5-6-20(25-2)13-21(17)26-16-19(24)15-23-9-3-4-10-23/h5-6,13,18-19,24H,3-4,7-12,14-16H2,1-2H3/t19-/m0/s1. The summed E-state index contributed by atoms with van der Waals surface area (Å²) in [6.45, 7) is 4.05. The van der Waals surface area contributed by atoms with E-state index in [0.29, 0.717) is 19.2 Å². The van der Waals surface area contributed by atoms with Crippen molar-refractivity contribution in [3.8, 4) is 11.5 Å². The summed E-state index contributed by atoms with van der Waals surface area (Å²) >= 11 is 2.05. The van der Waals surface area contributed by atoms with Crippen LogP contribution in [0.5, 0.6) is 11.5 Å². The lowest BCUT2D eigenvalue weighted by atomic mass is 10.1. The molecule has 2 aliphatic heterocycles. The lowest BCUT2D eigenvalue weighted by Gasteiger charge is -2.31. The number of thioether (sulfide) groups is 1. The van der Waals surface area contributed by atoms with Gasteiger partial charge in [0.15, 0.2) is 0 Å². The van der Waals surface area contributed by atoms with Gasteiger partial charge in [0.05, 0.1) is 7.11 Å². The lowest BCUT2D eigenvalue weighted by molar-refractivity contribution is 0.0748. The molecule has 3 rings (SSSR count). The number of methoxy groups -OCH3 is 1. The van der Waals surface area contributed by atoms with Gasteiger partial charge in [0.25, 0.3) is 0 Å². The molecule has 6 heteroatoms. The maximum absolute atomic E-state index is 10.4. The predicted octanol–water partition coefficient (Wildman–Crippen LogP) is 2.86. The van der Waals surface area contributed by atoms with Gasteiger partial charge in [0, 0.05) is 30.8 Å². The summed E-state index contributed by atoms with van der Waals surface area (Å²) < 4.78 is 11.4. The minimum atomic E-state index is -0.463. The van der Waals surface area contributed by atoms with E-state index in [4.69, 9.17) is 9.47 Å². The van der Waals surface area contributed by atoms with Crippen molar-refractivity contribution in [1.29, 1.82) is 0 Å². The minimum absolute atomic E-state index is 0.320. The van der Waals surface area contributed by atoms with E-state index in [1.54, 1.807) is 7.11 Å². The maximum atomic E-state index is 10.4. The molecular formula is C21H34N2O3S. The fourth-order valence-corrected chi connectivity index (χ4v) is 5.03. The van der Waals surface area contributed by atoms with Crippen LogP contribution in [0.25, 0.3) is 0 Å². The Labute approximate surface area is 168 Å². The van der Waals surface area contributed by atoms with E-state index in [2.05, 4.69) is 34.7 Å². The average Bonchev–Trinajstić information content (AvgIpc) is 3.20. The van der Waals surface area contributed by atoms with E-state index in [0.717, 1.165) is 36.7 Å². The second-order valence-electron chi connectivity index (χ2n) is 7.70. The summed E-state index contributed by atoms with van der Waals surface area (Å²) in [5, 5.41) is 10.4. The van der Waals surface area contributed by atoms with Crippen LogP contribution in [0, 0.1) is 0 Å². The molecule has 2 heterocycles. The van der Waals surface area contributed by atoms with Gasteiger partial charge in [-0.15, -0.1) is 0 Å². The molecule has 1 atom stereocenters. The van der Waals surface area contributed by atoms with Gasteiger partial charge in [-0.05, 0) is 63.4 Å². The van der Waals surface area contributed by atoms with Crippen LogP contribution in [-0.2, 0) is 6.54 Å². The highest BCUT2D eigenvalue weighted by Crippen LogP contribution is 2.28. The zero-order valence-electron chi connectivity index (χ0n) is 16.7. The number of ether oxygens (including phenoxy) is 2. The van der Waals surface area contributed by atoms with Gasteiger partial charge >= 0.3 is 0 Å². The van der Waals surface area contributed by atoms with E-state index in [9.17, 15) is 5.11 Å². The molecule has 2 saturated heterocycles. The third-order valence-corrected chi connectivity index (χ3v) is 6.66. The molecule has 5 nitrogen and oxygen atoms in total. The van der Waals surface area contributed by atoms with Gasteiger partial charge in [-0.3, -0.25) is 4.90 Å². The molecule has 0 bridgehead atoms. The Bertz CT molecular complexity index is 575. The molecule has 1 aromatic rings. The van der Waals surface area contributed by atoms with Crippen LogP contribution in [0.15, 0.2) is 18.2 Å². The molecule has 0 saturated carbocycles. The Hall–Kier alpha value is -0.950. The molecule has 0 amide bonds. The van der Waals surface area contributed by atoms with Crippen molar-refractivity contribution in [2.75, 3.05) is 51.9 Å². The van der Waals surface area contributed by atoms with Crippen molar-refractivity contribution >= 4 is 11.8 Å². The van der Waals surface area contributed by atoms with Crippen LogP contribution in [0.1, 0.15) is 31.2 Å². The van der Waals surface area contributed by atoms with E-state index in [-0.39, 0.29) is 0 Å². The monoisotopic (exact) mass is 394 g/mol. The highest BCUT2D eigenvalue weighted by Gasteiger charge is 2.21. The number of rotatable bonds is 9. The summed E-state index contributed by atoms with van der Waals surface area (Å²) in [6, 6.07) is 6.67. The van der Waals surface area contributed by atoms with Crippen molar-refractivity contribution in [3.05, 3.63) is 23.8 Å². The average molecular weight is 395 g/mol. The second kappa shape index (κ2) is 10.6. The zero-order valence-corrected chi connectivity index (χ0v) is 17.5. The molecule has 1 aromatic carbocycles. The summed E-state index contributed by atoms with van der Waals surface area (Å²) in [4.78, 5) is 4.75. The van der Waals surface area contributed by atoms with Crippen molar-refractivity contribution in [3.63, 3.8) is 0 Å². The smallest absolute Gasteiger partial charge is 0.127 e. The third kappa shape index (κ3) is 6.28. The lowest BCUT2D eigenvalue weighted by Crippen LogP contribution is -2.35. The minimum Gasteiger partial charge on any atom is -0.497 e. The summed E-state index contributed by atoms with van der Waals surface area (Å²) in [6.07, 6.45) is 4.51. The number of hydrogen-bond acceptors (Lipinski definition) is 6. The van der Waals surface area contributed by atoms with Crippen LogP contribution >= 0.6 is 11.8 Å². The Morgan fingerprint density at radius 3 is 2.70 bits per heavy atom. The normalized spacial score (nSPS) is 20.1. The van der Waals surface area contributed by atoms with Gasteiger partial charge in [-0.25, -0.2) is 0 Å². The van der Waals surface area contributed by atoms with Gasteiger partial charge in [-0.2, -0.15) is 11.8 Å². The van der Waals surface area contributed by atoms with Crippen molar-refractivity contribution in [2.45, 2.75) is 44.4 Å². The van der Waals surface area contributed by atoms with Crippen molar-refractivity contribution < 1.29 is 14.6 Å². The fraction of sp³-hybridized carbons (Fsp3) is 0.714. The van der Waals surface area contributed by atoms with Crippen molar-refractivity contribution in [1.82, 2.24) is 9.80 Å². The predicted molar refractivity (Wildman–Crippen MR) is 112 cm³/mol. The van der Waals surface area contributed by atoms with E-state index in [1.807, 2.05) is 12.1 Å². The first-order valence-corrected chi connectivity index (χ1v) is 11.3. The first-order chi connectivity index (χ1) is 13.2. The largest absolute Gasteiger partial charge is 0.497 e. The Kier molecular flexibility index (Phi) is 8.12. The molecular weight excluding hydrogens is 360 g/mol. The first-order valence-electron chi connectivity index (χ1n) is 10.1. The third-order valence-electron chi connectivity index (χ3n) is 5.61. The number of hydrogen-bond donors (Lipinski definition) is 1. The molecule has 0 aromatic heterocycles. The first kappa shape index (κ1) is 20.8. The molecule has 0 aliphatic carbocycles. The SMILES string of the molecule is COc1ccc(CN(C)C2CCSCC2)c(OC[C@@H](O)CN2CCCC2)c1. The molecule has 0 radical (unpaired) electrons. The van der Waals surface area contributed by atoms with E-state index < -0.39 is 6.10 Å². The van der Waals surface area contributed by atoms with Crippen LogP contribution in [0.2, 0.25) is 0 Å². The highest BCUT2D eigenvalue weighted by molar-refractivity contribution is 7.99. The number of benzene rings is 1. The number of β-amino-alcohol motifs (C(OH)–C–C–N with tert-alkyl or cyclic N) is 1. The summed E-state index contributed by atoms with van der Waals surface area (Å²) in [7, 11) is 3.88. The van der Waals surface area contributed by atoms with Crippen LogP contribution in [-0.4, -0.2) is 79.0 Å². The number of likely N-dealkylation sites (tertiary alicyclic amines) is 1. The molecule has 0 unspecified atom stereocenters. The van der Waals surface area contributed by atoms with E-state index >= 15 is 0 Å². The zero-order chi connectivity index (χ0) is 19.1. The summed E-state index contributed by atoms with van der Waals surface area (Å²) in [5.74, 6) is 4.12. The Balaban J connectivity index is 1.59. The maximum Gasteiger partial charge on any atom is 0.127 e. The van der Waals surface area contributed by atoms with E-state index in [1.165, 1.54) is 37.2 Å². The van der Waals surface area contributed by atoms with Crippen LogP contribution < -0.4 is 9.47 Å². The highest BCUT2D eigenvalue weighted by atomic mass is 32.2. The van der Waals surface area contributed by atoms with Gasteiger partial charge in [0.2, 0.25) is 0 Å². The number of aliphatic hydroxyl groups excluding tert-OH is 1. The van der Waals surface area contributed by atoms with Gasteiger partial charge < -0.3 is 19.5 Å². The molecule has 1 N–H and O–H groups in total. The molecule has 0 spiro atoms.